The van der Waals surface area contributed by atoms with Gasteiger partial charge in [-0.05, 0) is 157 Å². The van der Waals surface area contributed by atoms with Gasteiger partial charge in [0, 0.05) is 45.9 Å². The van der Waals surface area contributed by atoms with Gasteiger partial charge in [-0.1, -0.05) is 261 Å². The van der Waals surface area contributed by atoms with Gasteiger partial charge in [0.1, 0.15) is 0 Å². The van der Waals surface area contributed by atoms with Gasteiger partial charge in [-0.25, -0.2) is 0 Å². The molecular weight excluding hydrogens is 1030 g/mol. The maximum atomic E-state index is 2.41. The van der Waals surface area contributed by atoms with E-state index in [0.717, 1.165) is 0 Å². The van der Waals surface area contributed by atoms with E-state index in [1.54, 1.807) is 0 Å². The van der Waals surface area contributed by atoms with Gasteiger partial charge in [0.15, 0.2) is 0 Å². The lowest BCUT2D eigenvalue weighted by molar-refractivity contribution is 1.60. The fourth-order valence-electron chi connectivity index (χ4n) is 13.5. The van der Waals surface area contributed by atoms with Crippen molar-refractivity contribution in [2.45, 2.75) is 0 Å². The van der Waals surface area contributed by atoms with Crippen LogP contribution in [-0.4, -0.2) is 0 Å². The summed E-state index contributed by atoms with van der Waals surface area (Å²) in [5.41, 5.74) is 17.4. The molecule has 2 aromatic heterocycles. The first-order valence-electron chi connectivity index (χ1n) is 28.2. The van der Waals surface area contributed by atoms with E-state index >= 15 is 0 Å². The van der Waals surface area contributed by atoms with Crippen LogP contribution in [-0.2, 0) is 0 Å². The van der Waals surface area contributed by atoms with Crippen molar-refractivity contribution >= 4 is 117 Å². The summed E-state index contributed by atoms with van der Waals surface area (Å²) in [5.74, 6) is 0. The second kappa shape index (κ2) is 18.8. The zero-order valence-corrected chi connectivity index (χ0v) is 46.2. The van der Waals surface area contributed by atoms with Crippen LogP contribution in [0.1, 0.15) is 0 Å². The average molecular weight is 1070 g/mol. The van der Waals surface area contributed by atoms with Crippen LogP contribution in [0.25, 0.3) is 172 Å². The minimum Gasteiger partial charge on any atom is -0.135 e. The number of hydrogen-bond donors (Lipinski definition) is 0. The standard InChI is InChI=1S/C80H48S2/c1-2-17-54-46-56(41-36-49(54)16-1)55-18-15-19-57(47-55)76-66-25-7-9-27-68(66)78(69-28-10-8-26-67(69)76)71-45-44-59(79-70-29-12-14-31-73(70)82-80(71)79)52-37-32-50(33-38-52)51-34-39-53(40-35-51)75-62-21-3-5-23-64(62)77(65-24-6-4-22-63(65)75)58-42-43-61-60-20-11-13-30-72(60)81-74(61)48-58/h1-48H. The zero-order chi connectivity index (χ0) is 53.8. The van der Waals surface area contributed by atoms with E-state index in [9.17, 15) is 0 Å². The number of fused-ring (bicyclic) bond motifs is 11. The molecule has 0 amide bonds. The van der Waals surface area contributed by atoms with Crippen LogP contribution < -0.4 is 0 Å². The van der Waals surface area contributed by atoms with Crippen LogP contribution in [0.3, 0.4) is 0 Å². The van der Waals surface area contributed by atoms with Crippen LogP contribution in [0.5, 0.6) is 0 Å². The van der Waals surface area contributed by atoms with Gasteiger partial charge in [-0.3, -0.25) is 0 Å². The van der Waals surface area contributed by atoms with E-state index in [0.29, 0.717) is 0 Å². The molecule has 2 heterocycles. The lowest BCUT2D eigenvalue weighted by atomic mass is 9.84. The highest BCUT2D eigenvalue weighted by molar-refractivity contribution is 7.26. The fraction of sp³-hybridized carbons (Fsp3) is 0. The zero-order valence-electron chi connectivity index (χ0n) is 44.5. The molecule has 82 heavy (non-hydrogen) atoms. The second-order valence-corrected chi connectivity index (χ2v) is 23.9. The highest BCUT2D eigenvalue weighted by atomic mass is 32.1. The van der Waals surface area contributed by atoms with Crippen LogP contribution in [0, 0.1) is 0 Å². The predicted molar refractivity (Wildman–Crippen MR) is 358 cm³/mol. The summed E-state index contributed by atoms with van der Waals surface area (Å²) in [6, 6.07) is 109. The normalized spacial score (nSPS) is 11.9. The molecule has 0 N–H and O–H groups in total. The van der Waals surface area contributed by atoms with Gasteiger partial charge in [0.05, 0.1) is 0 Å². The Hall–Kier alpha value is -9.96. The van der Waals surface area contributed by atoms with E-state index in [2.05, 4.69) is 291 Å². The van der Waals surface area contributed by atoms with Gasteiger partial charge >= 0.3 is 0 Å². The molecule has 0 aliphatic carbocycles. The van der Waals surface area contributed by atoms with Crippen molar-refractivity contribution in [3.05, 3.63) is 291 Å². The molecule has 0 atom stereocenters. The first-order valence-corrected chi connectivity index (χ1v) is 29.8. The molecule has 380 valence electrons. The minimum atomic E-state index is 1.20. The second-order valence-electron chi connectivity index (χ2n) is 21.8. The Labute approximate surface area is 482 Å². The summed E-state index contributed by atoms with van der Waals surface area (Å²) >= 11 is 3.79. The molecule has 2 heteroatoms. The largest absolute Gasteiger partial charge is 0.135 e. The lowest BCUT2D eigenvalue weighted by Gasteiger charge is -2.19. The molecule has 0 fully saturated rings. The number of hydrogen-bond acceptors (Lipinski definition) is 2. The Morgan fingerprint density at radius 3 is 1.20 bits per heavy atom. The Morgan fingerprint density at radius 1 is 0.183 bits per heavy atom. The fourth-order valence-corrected chi connectivity index (χ4v) is 15.9. The topological polar surface area (TPSA) is 0 Å². The molecule has 17 aromatic rings. The third-order valence-electron chi connectivity index (χ3n) is 17.3. The van der Waals surface area contributed by atoms with Crippen molar-refractivity contribution < 1.29 is 0 Å². The molecule has 0 aliphatic heterocycles. The first kappa shape index (κ1) is 46.9. The van der Waals surface area contributed by atoms with Gasteiger partial charge in [0.2, 0.25) is 0 Å². The van der Waals surface area contributed by atoms with E-state index in [1.165, 1.54) is 172 Å². The Kier molecular flexibility index (Phi) is 10.8. The summed E-state index contributed by atoms with van der Waals surface area (Å²) in [7, 11) is 0. The molecule has 0 saturated heterocycles. The van der Waals surface area contributed by atoms with Gasteiger partial charge in [-0.15, -0.1) is 22.7 Å². The molecule has 0 saturated carbocycles. The summed E-state index contributed by atoms with van der Waals surface area (Å²) in [6.45, 7) is 0. The SMILES string of the molecule is c1cc(-c2ccc3ccccc3c2)cc(-c2c3ccccc3c(-c3ccc(-c4ccc(-c5ccc(-c6c7ccccc7c(-c7ccc8c(c7)sc7ccccc78)c7ccccc67)cc5)cc4)c4c3sc3ccccc34)c3ccccc23)c1. The third-order valence-corrected chi connectivity index (χ3v) is 19.6. The molecule has 0 bridgehead atoms. The monoisotopic (exact) mass is 1070 g/mol. The molecule has 0 unspecified atom stereocenters. The number of thiophene rings is 2. The highest BCUT2D eigenvalue weighted by Gasteiger charge is 2.23. The number of rotatable bonds is 7. The molecule has 17 rings (SSSR count). The van der Waals surface area contributed by atoms with Crippen molar-refractivity contribution in [3.8, 4) is 77.9 Å². The Morgan fingerprint density at radius 2 is 0.585 bits per heavy atom. The van der Waals surface area contributed by atoms with Crippen LogP contribution >= 0.6 is 22.7 Å². The maximum absolute atomic E-state index is 2.41. The van der Waals surface area contributed by atoms with Crippen molar-refractivity contribution in [2.24, 2.45) is 0 Å². The van der Waals surface area contributed by atoms with Crippen LogP contribution in [0.15, 0.2) is 291 Å². The summed E-state index contributed by atoms with van der Waals surface area (Å²) < 4.78 is 5.25. The molecule has 15 aromatic carbocycles. The van der Waals surface area contributed by atoms with Crippen molar-refractivity contribution in [1.82, 2.24) is 0 Å². The number of benzene rings is 15. The van der Waals surface area contributed by atoms with E-state index in [-0.39, 0.29) is 0 Å². The van der Waals surface area contributed by atoms with Crippen LogP contribution in [0.2, 0.25) is 0 Å². The third kappa shape index (κ3) is 7.43. The van der Waals surface area contributed by atoms with Crippen molar-refractivity contribution in [1.29, 1.82) is 0 Å². The van der Waals surface area contributed by atoms with E-state index < -0.39 is 0 Å². The van der Waals surface area contributed by atoms with Crippen molar-refractivity contribution in [3.63, 3.8) is 0 Å². The van der Waals surface area contributed by atoms with Gasteiger partial charge in [0.25, 0.3) is 0 Å². The Bertz CT molecular complexity index is 5330. The van der Waals surface area contributed by atoms with E-state index in [1.807, 2.05) is 22.7 Å². The molecule has 0 radical (unpaired) electrons. The smallest absolute Gasteiger partial charge is 0.0440 e. The maximum Gasteiger partial charge on any atom is 0.0440 e. The Balaban J connectivity index is 0.749. The molecule has 0 spiro atoms. The predicted octanol–water partition coefficient (Wildman–Crippen LogP) is 23.9. The summed E-state index contributed by atoms with van der Waals surface area (Å²) in [4.78, 5) is 0. The average Bonchev–Trinajstić information content (AvgIpc) is 2.56. The van der Waals surface area contributed by atoms with Crippen LogP contribution in [0.4, 0.5) is 0 Å². The first-order chi connectivity index (χ1) is 40.7. The summed E-state index contributed by atoms with van der Waals surface area (Å²) in [5, 5.41) is 17.9. The van der Waals surface area contributed by atoms with Gasteiger partial charge < -0.3 is 0 Å². The lowest BCUT2D eigenvalue weighted by Crippen LogP contribution is -1.92. The minimum absolute atomic E-state index is 1.20. The van der Waals surface area contributed by atoms with Gasteiger partial charge in [-0.2, -0.15) is 0 Å². The molecular formula is C80H48S2. The molecule has 0 nitrogen and oxygen atoms in total. The quantitative estimate of drug-likeness (QED) is 0.140. The molecule has 0 aliphatic rings. The van der Waals surface area contributed by atoms with E-state index in [4.69, 9.17) is 0 Å². The highest BCUT2D eigenvalue weighted by Crippen LogP contribution is 2.51. The summed E-state index contributed by atoms with van der Waals surface area (Å²) in [6.07, 6.45) is 0. The van der Waals surface area contributed by atoms with Crippen molar-refractivity contribution in [2.75, 3.05) is 0 Å².